The third-order valence-electron chi connectivity index (χ3n) is 4.54. The van der Waals surface area contributed by atoms with Gasteiger partial charge in [0.15, 0.2) is 5.69 Å². The molecule has 0 bridgehead atoms. The van der Waals surface area contributed by atoms with Crippen LogP contribution in [0.5, 0.6) is 0 Å². The van der Waals surface area contributed by atoms with Crippen molar-refractivity contribution >= 4 is 47.2 Å². The molecule has 0 radical (unpaired) electrons. The smallest absolute Gasteiger partial charge is 0.208 e. The summed E-state index contributed by atoms with van der Waals surface area (Å²) in [7, 11) is 0. The summed E-state index contributed by atoms with van der Waals surface area (Å²) in [6.45, 7) is 0. The first-order chi connectivity index (χ1) is 15.1. The van der Waals surface area contributed by atoms with Crippen LogP contribution in [0.15, 0.2) is 84.9 Å². The van der Waals surface area contributed by atoms with Gasteiger partial charge in [-0.15, -0.1) is 5.10 Å². The molecule has 0 fully saturated rings. The molecule has 4 rings (SSSR count). The molecule has 0 aliphatic rings. The van der Waals surface area contributed by atoms with Gasteiger partial charge in [-0.1, -0.05) is 83.0 Å². The van der Waals surface area contributed by atoms with Crippen molar-refractivity contribution in [2.75, 3.05) is 0 Å². The Morgan fingerprint density at radius 3 is 1.94 bits per heavy atom. The third-order valence-corrected chi connectivity index (χ3v) is 5.04. The summed E-state index contributed by atoms with van der Waals surface area (Å²) in [4.78, 5) is 12.9. The summed E-state index contributed by atoms with van der Waals surface area (Å²) in [5, 5.41) is 9.69. The first-order valence-corrected chi connectivity index (χ1v) is 10.3. The fourth-order valence-electron chi connectivity index (χ4n) is 2.95. The van der Waals surface area contributed by atoms with Gasteiger partial charge in [-0.25, -0.2) is 4.68 Å². The quantitative estimate of drug-likeness (QED) is 0.246. The molecule has 0 atom stereocenters. The largest absolute Gasteiger partial charge is 0.287 e. The van der Waals surface area contributed by atoms with Crippen LogP contribution in [0.25, 0.3) is 23.9 Å². The molecule has 0 aliphatic heterocycles. The number of nitrogens with zero attached hydrogens (tertiary/aromatic N) is 3. The fourth-order valence-corrected chi connectivity index (χ4v) is 3.20. The predicted octanol–water partition coefficient (Wildman–Crippen LogP) is 6.64. The number of aromatic nitrogens is 3. The van der Waals surface area contributed by atoms with Crippen LogP contribution in [0.2, 0.25) is 10.0 Å². The Morgan fingerprint density at radius 1 is 0.742 bits per heavy atom. The highest BCUT2D eigenvalue weighted by Gasteiger charge is 2.17. The summed E-state index contributed by atoms with van der Waals surface area (Å²) in [5.41, 5.74) is 3.48. The van der Waals surface area contributed by atoms with Gasteiger partial charge < -0.3 is 0 Å². The molecule has 0 N–H and O–H groups in total. The molecule has 0 unspecified atom stereocenters. The molecular formula is C25H17Cl2N3O. The lowest BCUT2D eigenvalue weighted by Crippen LogP contribution is -2.02. The monoisotopic (exact) mass is 445 g/mol. The van der Waals surface area contributed by atoms with Crippen molar-refractivity contribution in [3.05, 3.63) is 117 Å². The van der Waals surface area contributed by atoms with Crippen molar-refractivity contribution in [3.63, 3.8) is 0 Å². The number of para-hydroxylation sites is 1. The number of ketones is 1. The Balaban J connectivity index is 1.69. The standard InChI is InChI=1S/C25H17Cl2N3O/c26-20-12-6-18(7-13-20)10-16-23-25(28-29-30(23)22-4-2-1-3-5-22)24(31)17-11-19-8-14-21(27)15-9-19/h1-17H/b16-10+,17-11+. The lowest BCUT2D eigenvalue weighted by atomic mass is 10.1. The van der Waals surface area contributed by atoms with E-state index in [0.717, 1.165) is 16.8 Å². The Morgan fingerprint density at radius 2 is 1.32 bits per heavy atom. The summed E-state index contributed by atoms with van der Waals surface area (Å²) in [6, 6.07) is 24.2. The van der Waals surface area contributed by atoms with E-state index in [1.165, 1.54) is 6.08 Å². The minimum atomic E-state index is -0.243. The van der Waals surface area contributed by atoms with Crippen molar-refractivity contribution in [3.8, 4) is 5.69 Å². The van der Waals surface area contributed by atoms with Crippen molar-refractivity contribution in [1.82, 2.24) is 15.0 Å². The molecular weight excluding hydrogens is 429 g/mol. The average molecular weight is 446 g/mol. The summed E-state index contributed by atoms with van der Waals surface area (Å²) in [5.74, 6) is -0.243. The molecule has 4 aromatic rings. The maximum atomic E-state index is 12.9. The van der Waals surface area contributed by atoms with Gasteiger partial charge in [0.2, 0.25) is 5.78 Å². The molecule has 4 nitrogen and oxygen atoms in total. The summed E-state index contributed by atoms with van der Waals surface area (Å²) >= 11 is 11.9. The van der Waals surface area contributed by atoms with E-state index in [-0.39, 0.29) is 11.5 Å². The van der Waals surface area contributed by atoms with Crippen molar-refractivity contribution < 1.29 is 4.79 Å². The summed E-state index contributed by atoms with van der Waals surface area (Å²) < 4.78 is 1.65. The molecule has 0 saturated carbocycles. The number of carbonyl (C=O) groups is 1. The van der Waals surface area contributed by atoms with Crippen molar-refractivity contribution in [2.24, 2.45) is 0 Å². The van der Waals surface area contributed by atoms with E-state index >= 15 is 0 Å². The molecule has 6 heteroatoms. The van der Waals surface area contributed by atoms with Crippen LogP contribution in [0.1, 0.15) is 27.3 Å². The van der Waals surface area contributed by atoms with E-state index in [0.29, 0.717) is 15.7 Å². The Hall–Kier alpha value is -3.47. The second-order valence-electron chi connectivity index (χ2n) is 6.70. The number of rotatable bonds is 6. The molecule has 1 heterocycles. The highest BCUT2D eigenvalue weighted by atomic mass is 35.5. The Bertz CT molecular complexity index is 1240. The van der Waals surface area contributed by atoms with Gasteiger partial charge in [0.1, 0.15) is 0 Å². The van der Waals surface area contributed by atoms with E-state index in [1.54, 1.807) is 22.9 Å². The SMILES string of the molecule is O=C(/C=C/c1ccc(Cl)cc1)c1nnn(-c2ccccc2)c1/C=C/c1ccc(Cl)cc1. The van der Waals surface area contributed by atoms with Gasteiger partial charge in [0, 0.05) is 10.0 Å². The van der Waals surface area contributed by atoms with Gasteiger partial charge in [0.05, 0.1) is 11.4 Å². The van der Waals surface area contributed by atoms with Crippen LogP contribution in [0.3, 0.4) is 0 Å². The lowest BCUT2D eigenvalue weighted by molar-refractivity contribution is 0.104. The fraction of sp³-hybridized carbons (Fsp3) is 0. The van der Waals surface area contributed by atoms with E-state index in [4.69, 9.17) is 23.2 Å². The van der Waals surface area contributed by atoms with E-state index < -0.39 is 0 Å². The van der Waals surface area contributed by atoms with Crippen LogP contribution < -0.4 is 0 Å². The zero-order chi connectivity index (χ0) is 21.6. The van der Waals surface area contributed by atoms with Crippen LogP contribution in [0.4, 0.5) is 0 Å². The number of halogens is 2. The van der Waals surface area contributed by atoms with Gasteiger partial charge >= 0.3 is 0 Å². The van der Waals surface area contributed by atoms with Crippen LogP contribution >= 0.6 is 23.2 Å². The number of hydrogen-bond acceptors (Lipinski definition) is 3. The zero-order valence-corrected chi connectivity index (χ0v) is 17.8. The lowest BCUT2D eigenvalue weighted by Gasteiger charge is -2.04. The normalized spacial score (nSPS) is 11.4. The van der Waals surface area contributed by atoms with Gasteiger partial charge in [0.25, 0.3) is 0 Å². The maximum Gasteiger partial charge on any atom is 0.208 e. The van der Waals surface area contributed by atoms with E-state index in [1.807, 2.05) is 78.9 Å². The predicted molar refractivity (Wildman–Crippen MR) is 127 cm³/mol. The highest BCUT2D eigenvalue weighted by Crippen LogP contribution is 2.19. The third kappa shape index (κ3) is 5.18. The van der Waals surface area contributed by atoms with Crippen molar-refractivity contribution in [1.29, 1.82) is 0 Å². The molecule has 152 valence electrons. The summed E-state index contributed by atoms with van der Waals surface area (Å²) in [6.07, 6.45) is 6.95. The molecule has 0 saturated heterocycles. The molecule has 3 aromatic carbocycles. The minimum absolute atomic E-state index is 0.243. The number of carbonyl (C=O) groups excluding carboxylic acids is 1. The van der Waals surface area contributed by atoms with E-state index in [9.17, 15) is 4.79 Å². The van der Waals surface area contributed by atoms with Crippen LogP contribution in [0, 0.1) is 0 Å². The molecule has 0 aliphatic carbocycles. The molecule has 1 aromatic heterocycles. The second-order valence-corrected chi connectivity index (χ2v) is 7.58. The first kappa shape index (κ1) is 20.8. The van der Waals surface area contributed by atoms with Gasteiger partial charge in [-0.2, -0.15) is 0 Å². The number of hydrogen-bond donors (Lipinski definition) is 0. The Kier molecular flexibility index (Phi) is 6.41. The van der Waals surface area contributed by atoms with E-state index in [2.05, 4.69) is 10.3 Å². The maximum absolute atomic E-state index is 12.9. The second kappa shape index (κ2) is 9.56. The van der Waals surface area contributed by atoms with Crippen LogP contribution in [-0.2, 0) is 0 Å². The molecule has 0 spiro atoms. The number of allylic oxidation sites excluding steroid dienone is 1. The topological polar surface area (TPSA) is 47.8 Å². The zero-order valence-electron chi connectivity index (χ0n) is 16.3. The van der Waals surface area contributed by atoms with Gasteiger partial charge in [-0.3, -0.25) is 4.79 Å². The molecule has 0 amide bonds. The highest BCUT2D eigenvalue weighted by molar-refractivity contribution is 6.30. The number of benzene rings is 3. The Labute approximate surface area is 190 Å². The minimum Gasteiger partial charge on any atom is -0.287 e. The molecule has 31 heavy (non-hydrogen) atoms. The van der Waals surface area contributed by atoms with Crippen molar-refractivity contribution in [2.45, 2.75) is 0 Å². The van der Waals surface area contributed by atoms with Gasteiger partial charge in [-0.05, 0) is 59.7 Å². The first-order valence-electron chi connectivity index (χ1n) is 9.53. The average Bonchev–Trinajstić information content (AvgIpc) is 3.23. The van der Waals surface area contributed by atoms with Crippen LogP contribution in [-0.4, -0.2) is 20.8 Å².